The molecule has 0 saturated carbocycles. The van der Waals surface area contributed by atoms with Gasteiger partial charge in [0.1, 0.15) is 0 Å². The molecule has 0 aliphatic rings. The van der Waals surface area contributed by atoms with Crippen LogP contribution in [0.25, 0.3) is 0 Å². The van der Waals surface area contributed by atoms with Crippen molar-refractivity contribution < 1.29 is 8.78 Å². The van der Waals surface area contributed by atoms with E-state index in [9.17, 15) is 13.6 Å². The normalized spacial score (nSPS) is 11.6. The van der Waals surface area contributed by atoms with Gasteiger partial charge in [-0.15, -0.1) is 0 Å². The Labute approximate surface area is 115 Å². The summed E-state index contributed by atoms with van der Waals surface area (Å²) in [6, 6.07) is 10.7. The zero-order valence-corrected chi connectivity index (χ0v) is 11.1. The van der Waals surface area contributed by atoms with E-state index in [1.54, 1.807) is 37.3 Å². The van der Waals surface area contributed by atoms with E-state index in [-0.39, 0.29) is 12.1 Å². The van der Waals surface area contributed by atoms with Crippen LogP contribution in [0.1, 0.15) is 16.8 Å². The molecule has 0 atom stereocenters. The third-order valence-electron chi connectivity index (χ3n) is 3.24. The molecule has 0 aliphatic carbocycles. The van der Waals surface area contributed by atoms with E-state index < -0.39 is 18.0 Å². The molecule has 1 heterocycles. The molecule has 0 unspecified atom stereocenters. The van der Waals surface area contributed by atoms with Crippen LogP contribution in [0.5, 0.6) is 0 Å². The van der Waals surface area contributed by atoms with E-state index >= 15 is 0 Å². The zero-order valence-electron chi connectivity index (χ0n) is 11.1. The highest BCUT2D eigenvalue weighted by atomic mass is 19.3. The van der Waals surface area contributed by atoms with Gasteiger partial charge in [-0.3, -0.25) is 4.79 Å². The van der Waals surface area contributed by atoms with Crippen molar-refractivity contribution in [1.29, 1.82) is 0 Å². The molecule has 0 bridgehead atoms. The van der Waals surface area contributed by atoms with E-state index in [1.807, 2.05) is 0 Å². The van der Waals surface area contributed by atoms with Crippen LogP contribution in [0.15, 0.2) is 47.3 Å². The van der Waals surface area contributed by atoms with Crippen molar-refractivity contribution in [2.45, 2.75) is 25.9 Å². The molecule has 0 aliphatic heterocycles. The number of pyridine rings is 1. The SMILES string of the molecule is Cc1ccc(CN)c(=O)n1CC(F)(F)c1ccccc1. The first-order valence-corrected chi connectivity index (χ1v) is 6.28. The van der Waals surface area contributed by atoms with E-state index in [2.05, 4.69) is 0 Å². The molecule has 0 fully saturated rings. The van der Waals surface area contributed by atoms with Crippen LogP contribution < -0.4 is 11.3 Å². The van der Waals surface area contributed by atoms with Gasteiger partial charge in [-0.05, 0) is 13.0 Å². The Morgan fingerprint density at radius 1 is 1.15 bits per heavy atom. The van der Waals surface area contributed by atoms with Gasteiger partial charge < -0.3 is 10.3 Å². The van der Waals surface area contributed by atoms with E-state index in [0.29, 0.717) is 11.3 Å². The predicted molar refractivity (Wildman–Crippen MR) is 73.7 cm³/mol. The first-order chi connectivity index (χ1) is 9.45. The lowest BCUT2D eigenvalue weighted by atomic mass is 10.1. The topological polar surface area (TPSA) is 48.0 Å². The zero-order chi connectivity index (χ0) is 14.8. The third kappa shape index (κ3) is 2.77. The molecule has 0 spiro atoms. The number of aryl methyl sites for hydroxylation is 1. The summed E-state index contributed by atoms with van der Waals surface area (Å²) in [6.45, 7) is 0.980. The number of hydrogen-bond acceptors (Lipinski definition) is 2. The van der Waals surface area contributed by atoms with Gasteiger partial charge in [0.2, 0.25) is 0 Å². The van der Waals surface area contributed by atoms with E-state index in [0.717, 1.165) is 4.57 Å². The van der Waals surface area contributed by atoms with Crippen molar-refractivity contribution in [3.8, 4) is 0 Å². The number of rotatable bonds is 4. The summed E-state index contributed by atoms with van der Waals surface area (Å²) in [7, 11) is 0. The van der Waals surface area contributed by atoms with Gasteiger partial charge in [-0.1, -0.05) is 36.4 Å². The van der Waals surface area contributed by atoms with Crippen molar-refractivity contribution in [3.63, 3.8) is 0 Å². The van der Waals surface area contributed by atoms with Crippen molar-refractivity contribution in [1.82, 2.24) is 4.57 Å². The molecule has 1 aromatic carbocycles. The fourth-order valence-electron chi connectivity index (χ4n) is 2.04. The van der Waals surface area contributed by atoms with Crippen molar-refractivity contribution in [2.75, 3.05) is 0 Å². The fourth-order valence-corrected chi connectivity index (χ4v) is 2.04. The monoisotopic (exact) mass is 278 g/mol. The maximum absolute atomic E-state index is 14.2. The molecule has 0 saturated heterocycles. The Morgan fingerprint density at radius 2 is 1.80 bits per heavy atom. The minimum Gasteiger partial charge on any atom is -0.326 e. The highest BCUT2D eigenvalue weighted by Gasteiger charge is 2.32. The Balaban J connectivity index is 2.42. The second-order valence-electron chi connectivity index (χ2n) is 4.67. The maximum Gasteiger partial charge on any atom is 0.290 e. The van der Waals surface area contributed by atoms with Crippen LogP contribution in [0.2, 0.25) is 0 Å². The number of benzene rings is 1. The lowest BCUT2D eigenvalue weighted by molar-refractivity contribution is -0.0237. The number of nitrogens with zero attached hydrogens (tertiary/aromatic N) is 1. The lowest BCUT2D eigenvalue weighted by Gasteiger charge is -2.20. The summed E-state index contributed by atoms with van der Waals surface area (Å²) < 4.78 is 29.6. The minimum atomic E-state index is -3.11. The van der Waals surface area contributed by atoms with Gasteiger partial charge in [0.15, 0.2) is 0 Å². The predicted octanol–water partition coefficient (Wildman–Crippen LogP) is 2.41. The van der Waals surface area contributed by atoms with Crippen LogP contribution in [0.3, 0.4) is 0 Å². The minimum absolute atomic E-state index is 0.0377. The number of alkyl halides is 2. The average molecular weight is 278 g/mol. The van der Waals surface area contributed by atoms with Gasteiger partial charge in [-0.25, -0.2) is 0 Å². The Hall–Kier alpha value is -2.01. The Morgan fingerprint density at radius 3 is 2.40 bits per heavy atom. The lowest BCUT2D eigenvalue weighted by Crippen LogP contribution is -2.33. The molecule has 0 amide bonds. The molecule has 20 heavy (non-hydrogen) atoms. The molecule has 0 radical (unpaired) electrons. The molecule has 2 aromatic rings. The Kier molecular flexibility index (Phi) is 3.99. The molecule has 5 heteroatoms. The van der Waals surface area contributed by atoms with Crippen LogP contribution in [-0.2, 0) is 19.0 Å². The van der Waals surface area contributed by atoms with Crippen molar-refractivity contribution >= 4 is 0 Å². The number of nitrogens with two attached hydrogens (primary N) is 1. The molecule has 2 N–H and O–H groups in total. The van der Waals surface area contributed by atoms with Gasteiger partial charge in [0.25, 0.3) is 11.5 Å². The molecule has 2 rings (SSSR count). The number of hydrogen-bond donors (Lipinski definition) is 1. The molecule has 3 nitrogen and oxygen atoms in total. The van der Waals surface area contributed by atoms with Gasteiger partial charge in [0, 0.05) is 23.4 Å². The van der Waals surface area contributed by atoms with Gasteiger partial charge in [-0.2, -0.15) is 8.78 Å². The number of halogens is 2. The van der Waals surface area contributed by atoms with Crippen LogP contribution in [0.4, 0.5) is 8.78 Å². The van der Waals surface area contributed by atoms with E-state index in [1.165, 1.54) is 12.1 Å². The van der Waals surface area contributed by atoms with Crippen molar-refractivity contribution in [3.05, 3.63) is 69.6 Å². The summed E-state index contributed by atoms with van der Waals surface area (Å²) in [6.07, 6.45) is 0. The summed E-state index contributed by atoms with van der Waals surface area (Å²) in [5.74, 6) is -3.11. The maximum atomic E-state index is 14.2. The quantitative estimate of drug-likeness (QED) is 0.933. The summed E-state index contributed by atoms with van der Waals surface area (Å²) >= 11 is 0. The average Bonchev–Trinajstić information content (AvgIpc) is 2.45. The fraction of sp³-hybridized carbons (Fsp3) is 0.267. The van der Waals surface area contributed by atoms with Gasteiger partial charge >= 0.3 is 0 Å². The highest BCUT2D eigenvalue weighted by molar-refractivity contribution is 5.21. The largest absolute Gasteiger partial charge is 0.326 e. The van der Waals surface area contributed by atoms with Crippen LogP contribution in [-0.4, -0.2) is 4.57 Å². The first-order valence-electron chi connectivity index (χ1n) is 6.28. The van der Waals surface area contributed by atoms with Gasteiger partial charge in [0.05, 0.1) is 6.54 Å². The number of aromatic nitrogens is 1. The second kappa shape index (κ2) is 5.54. The smallest absolute Gasteiger partial charge is 0.290 e. The summed E-state index contributed by atoms with van der Waals surface area (Å²) in [4.78, 5) is 12.1. The van der Waals surface area contributed by atoms with Crippen LogP contribution >= 0.6 is 0 Å². The Bertz CT molecular complexity index is 651. The second-order valence-corrected chi connectivity index (χ2v) is 4.67. The molecule has 1 aromatic heterocycles. The molecule has 106 valence electrons. The first kappa shape index (κ1) is 14.4. The van der Waals surface area contributed by atoms with Crippen LogP contribution in [0, 0.1) is 6.92 Å². The standard InChI is InChI=1S/C15H16F2N2O/c1-11-7-8-12(9-18)14(20)19(11)10-15(16,17)13-5-3-2-4-6-13/h2-8H,9-10,18H2,1H3. The van der Waals surface area contributed by atoms with E-state index in [4.69, 9.17) is 5.73 Å². The summed E-state index contributed by atoms with van der Waals surface area (Å²) in [5, 5.41) is 0. The molecular formula is C15H16F2N2O. The third-order valence-corrected chi connectivity index (χ3v) is 3.24. The molecular weight excluding hydrogens is 262 g/mol. The summed E-state index contributed by atoms with van der Waals surface area (Å²) in [5.41, 5.74) is 5.70. The highest BCUT2D eigenvalue weighted by Crippen LogP contribution is 2.29. The van der Waals surface area contributed by atoms with Crippen molar-refractivity contribution in [2.24, 2.45) is 5.73 Å².